The molecule has 0 fully saturated rings. The second-order valence-corrected chi connectivity index (χ2v) is 7.16. The minimum Gasteiger partial charge on any atom is -0.481 e. The van der Waals surface area contributed by atoms with Crippen molar-refractivity contribution in [2.24, 2.45) is 5.73 Å². The third-order valence-electron chi connectivity index (χ3n) is 4.10. The number of carboxylic acids is 2. The zero-order chi connectivity index (χ0) is 22.4. The Morgan fingerprint density at radius 3 is 2.14 bits per heavy atom. The van der Waals surface area contributed by atoms with Crippen LogP contribution in [-0.4, -0.2) is 78.3 Å². The summed E-state index contributed by atoms with van der Waals surface area (Å²) in [5.41, 5.74) is 5.58. The van der Waals surface area contributed by atoms with Crippen LogP contribution in [0, 0.1) is 0 Å². The predicted molar refractivity (Wildman–Crippen MR) is 107 cm³/mol. The number of aliphatic carboxylic acids is 2. The van der Waals surface area contributed by atoms with Crippen molar-refractivity contribution in [2.75, 3.05) is 20.1 Å². The van der Waals surface area contributed by atoms with Gasteiger partial charge in [0.2, 0.25) is 11.8 Å². The molecule has 11 nitrogen and oxygen atoms in total. The fourth-order valence-corrected chi connectivity index (χ4v) is 2.59. The number of carbonyl (C=O) groups excluding carboxylic acids is 2. The number of hydrogen-bond donors (Lipinski definition) is 7. The van der Waals surface area contributed by atoms with E-state index in [0.717, 1.165) is 0 Å². The van der Waals surface area contributed by atoms with Crippen molar-refractivity contribution >= 4 is 23.8 Å². The van der Waals surface area contributed by atoms with Crippen LogP contribution in [-0.2, 0) is 19.2 Å². The Labute approximate surface area is 171 Å². The number of nitrogens with two attached hydrogens (primary N) is 1. The van der Waals surface area contributed by atoms with Crippen LogP contribution >= 0.6 is 0 Å². The van der Waals surface area contributed by atoms with Gasteiger partial charge >= 0.3 is 11.9 Å². The molecule has 0 aromatic heterocycles. The predicted octanol–water partition coefficient (Wildman–Crippen LogP) is -1.38. The van der Waals surface area contributed by atoms with E-state index in [1.807, 2.05) is 13.8 Å². The maximum Gasteiger partial charge on any atom is 0.326 e. The number of carboxylic acid groups (broad SMARTS) is 2. The number of rotatable bonds is 16. The monoisotopic (exact) mass is 417 g/mol. The van der Waals surface area contributed by atoms with Crippen molar-refractivity contribution in [1.29, 1.82) is 0 Å². The Bertz CT molecular complexity index is 543. The highest BCUT2D eigenvalue weighted by molar-refractivity contribution is 5.87. The lowest BCUT2D eigenvalue weighted by Gasteiger charge is -2.20. The van der Waals surface area contributed by atoms with Gasteiger partial charge in [-0.1, -0.05) is 13.8 Å². The summed E-state index contributed by atoms with van der Waals surface area (Å²) in [6.07, 6.45) is 0.845. The lowest BCUT2D eigenvalue weighted by atomic mass is 10.1. The van der Waals surface area contributed by atoms with E-state index >= 15 is 0 Å². The molecule has 0 saturated heterocycles. The molecule has 0 spiro atoms. The molecule has 0 aliphatic rings. The Morgan fingerprint density at radius 1 is 0.966 bits per heavy atom. The fraction of sp³-hybridized carbons (Fsp3) is 0.778. The SMILES string of the molecule is CNC[C@H](NC(C)C)C(=O)NCCCCC(NC(=O)[C@@H](N)CCC(=O)O)C(=O)O. The molecule has 0 aliphatic carbocycles. The van der Waals surface area contributed by atoms with Gasteiger partial charge in [-0.15, -0.1) is 0 Å². The van der Waals surface area contributed by atoms with Crippen molar-refractivity contribution in [3.05, 3.63) is 0 Å². The normalized spacial score (nSPS) is 14.1. The van der Waals surface area contributed by atoms with Gasteiger partial charge in [-0.3, -0.25) is 14.4 Å². The molecule has 11 heteroatoms. The standard InChI is InChI=1S/C18H35N5O6/c1-11(2)22-14(10-20-3)17(27)21-9-5-4-6-13(18(28)29)23-16(26)12(19)7-8-15(24)25/h11-14,20,22H,4-10,19H2,1-3H3,(H,21,27)(H,23,26)(H,24,25)(H,28,29)/t12-,13?,14-/m0/s1. The maximum absolute atomic E-state index is 12.2. The highest BCUT2D eigenvalue weighted by Gasteiger charge is 2.23. The van der Waals surface area contributed by atoms with E-state index in [4.69, 9.17) is 10.8 Å². The minimum atomic E-state index is -1.19. The quantitative estimate of drug-likeness (QED) is 0.149. The summed E-state index contributed by atoms with van der Waals surface area (Å²) in [6.45, 7) is 4.77. The summed E-state index contributed by atoms with van der Waals surface area (Å²) in [6, 6.07) is -2.40. The van der Waals surface area contributed by atoms with Gasteiger partial charge in [-0.2, -0.15) is 0 Å². The second kappa shape index (κ2) is 14.7. The molecule has 0 radical (unpaired) electrons. The Hall–Kier alpha value is -2.24. The van der Waals surface area contributed by atoms with Crippen molar-refractivity contribution in [2.45, 2.75) is 70.1 Å². The molecule has 0 aliphatic heterocycles. The molecule has 29 heavy (non-hydrogen) atoms. The van der Waals surface area contributed by atoms with Crippen molar-refractivity contribution < 1.29 is 29.4 Å². The van der Waals surface area contributed by atoms with Gasteiger partial charge in [0.25, 0.3) is 0 Å². The molecule has 168 valence electrons. The van der Waals surface area contributed by atoms with Gasteiger partial charge < -0.3 is 37.2 Å². The van der Waals surface area contributed by atoms with Crippen LogP contribution in [0.2, 0.25) is 0 Å². The number of amides is 2. The molecule has 3 atom stereocenters. The first-order chi connectivity index (χ1) is 13.6. The first-order valence-corrected chi connectivity index (χ1v) is 9.77. The molecular formula is C18H35N5O6. The summed E-state index contributed by atoms with van der Waals surface area (Å²) >= 11 is 0. The van der Waals surface area contributed by atoms with Crippen molar-refractivity contribution in [3.63, 3.8) is 0 Å². The molecule has 0 saturated carbocycles. The Balaban J connectivity index is 4.31. The fourth-order valence-electron chi connectivity index (χ4n) is 2.59. The number of carbonyl (C=O) groups is 4. The number of unbranched alkanes of at least 4 members (excludes halogenated alkanes) is 1. The van der Waals surface area contributed by atoms with Gasteiger partial charge in [0.15, 0.2) is 0 Å². The third-order valence-corrected chi connectivity index (χ3v) is 4.10. The summed E-state index contributed by atoms with van der Waals surface area (Å²) < 4.78 is 0. The second-order valence-electron chi connectivity index (χ2n) is 7.16. The average Bonchev–Trinajstić information content (AvgIpc) is 2.63. The average molecular weight is 418 g/mol. The van der Waals surface area contributed by atoms with Crippen LogP contribution < -0.4 is 27.0 Å². The van der Waals surface area contributed by atoms with E-state index in [-0.39, 0.29) is 37.3 Å². The van der Waals surface area contributed by atoms with E-state index in [0.29, 0.717) is 25.9 Å². The van der Waals surface area contributed by atoms with Crippen molar-refractivity contribution in [3.8, 4) is 0 Å². The Kier molecular flexibility index (Phi) is 13.6. The summed E-state index contributed by atoms with van der Waals surface area (Å²) in [5, 5.41) is 29.1. The summed E-state index contributed by atoms with van der Waals surface area (Å²) in [4.78, 5) is 45.9. The molecule has 0 rings (SSSR count). The van der Waals surface area contributed by atoms with Gasteiger partial charge in [0.1, 0.15) is 6.04 Å². The Morgan fingerprint density at radius 2 is 1.62 bits per heavy atom. The van der Waals surface area contributed by atoms with Gasteiger partial charge in [-0.25, -0.2) is 4.79 Å². The first kappa shape index (κ1) is 26.8. The topological polar surface area (TPSA) is 183 Å². The molecule has 0 heterocycles. The van der Waals surface area contributed by atoms with E-state index < -0.39 is 29.9 Å². The molecule has 1 unspecified atom stereocenters. The highest BCUT2D eigenvalue weighted by atomic mass is 16.4. The van der Waals surface area contributed by atoms with E-state index in [1.54, 1.807) is 7.05 Å². The van der Waals surface area contributed by atoms with Crippen LogP contribution in [0.3, 0.4) is 0 Å². The summed E-state index contributed by atoms with van der Waals surface area (Å²) in [5.74, 6) is -3.10. The van der Waals surface area contributed by atoms with Gasteiger partial charge in [-0.05, 0) is 32.7 Å². The van der Waals surface area contributed by atoms with Crippen molar-refractivity contribution in [1.82, 2.24) is 21.3 Å². The van der Waals surface area contributed by atoms with Crippen LogP contribution in [0.25, 0.3) is 0 Å². The molecule has 8 N–H and O–H groups in total. The van der Waals surface area contributed by atoms with E-state index in [1.165, 1.54) is 0 Å². The van der Waals surface area contributed by atoms with Gasteiger partial charge in [0, 0.05) is 25.6 Å². The number of nitrogens with one attached hydrogen (secondary N) is 4. The van der Waals surface area contributed by atoms with E-state index in [9.17, 15) is 24.3 Å². The molecule has 2 amide bonds. The number of hydrogen-bond acceptors (Lipinski definition) is 7. The lowest BCUT2D eigenvalue weighted by Crippen LogP contribution is -2.51. The van der Waals surface area contributed by atoms with Crippen LogP contribution in [0.1, 0.15) is 46.0 Å². The third kappa shape index (κ3) is 12.8. The molecule has 0 aromatic carbocycles. The van der Waals surface area contributed by atoms with Crippen LogP contribution in [0.5, 0.6) is 0 Å². The molecule has 0 aromatic rings. The minimum absolute atomic E-state index is 0.0717. The number of likely N-dealkylation sites (N-methyl/N-ethyl adjacent to an activating group) is 1. The largest absolute Gasteiger partial charge is 0.481 e. The maximum atomic E-state index is 12.2. The summed E-state index contributed by atoms with van der Waals surface area (Å²) in [7, 11) is 1.76. The first-order valence-electron chi connectivity index (χ1n) is 9.77. The highest BCUT2D eigenvalue weighted by Crippen LogP contribution is 2.03. The van der Waals surface area contributed by atoms with E-state index in [2.05, 4.69) is 21.3 Å². The van der Waals surface area contributed by atoms with Crippen LogP contribution in [0.15, 0.2) is 0 Å². The van der Waals surface area contributed by atoms with Crippen LogP contribution in [0.4, 0.5) is 0 Å². The van der Waals surface area contributed by atoms with Gasteiger partial charge in [0.05, 0.1) is 12.1 Å². The lowest BCUT2D eigenvalue weighted by molar-refractivity contribution is -0.142. The molecular weight excluding hydrogens is 382 g/mol. The zero-order valence-corrected chi connectivity index (χ0v) is 17.4. The molecule has 0 bridgehead atoms. The smallest absolute Gasteiger partial charge is 0.326 e. The zero-order valence-electron chi connectivity index (χ0n) is 17.4.